The van der Waals surface area contributed by atoms with Crippen LogP contribution in [0.1, 0.15) is 90.6 Å². The molecule has 6 aromatic rings. The Balaban J connectivity index is 0.918. The Labute approximate surface area is 321 Å². The molecule has 0 saturated heterocycles. The van der Waals surface area contributed by atoms with Crippen LogP contribution in [0.3, 0.4) is 0 Å². The van der Waals surface area contributed by atoms with Crippen molar-refractivity contribution in [2.75, 3.05) is 22.9 Å². The van der Waals surface area contributed by atoms with Crippen LogP contribution in [0.2, 0.25) is 0 Å². The lowest BCUT2D eigenvalue weighted by molar-refractivity contribution is 0.639. The van der Waals surface area contributed by atoms with Gasteiger partial charge in [-0.3, -0.25) is 0 Å². The molecule has 2 aliphatic carbocycles. The average molecular weight is 701 g/mol. The maximum atomic E-state index is 2.54. The lowest BCUT2D eigenvalue weighted by atomic mass is 9.77. The number of hydrogen-bond acceptors (Lipinski definition) is 2. The van der Waals surface area contributed by atoms with E-state index in [0.29, 0.717) is 0 Å². The fourth-order valence-corrected chi connectivity index (χ4v) is 9.86. The van der Waals surface area contributed by atoms with E-state index >= 15 is 0 Å². The molecule has 0 N–H and O–H groups in total. The van der Waals surface area contributed by atoms with Crippen molar-refractivity contribution >= 4 is 35.3 Å². The van der Waals surface area contributed by atoms with E-state index < -0.39 is 0 Å². The van der Waals surface area contributed by atoms with Crippen LogP contribution in [0.15, 0.2) is 128 Å². The lowest BCUT2D eigenvalue weighted by Crippen LogP contribution is -2.24. The SMILES string of the molecule is CC1(C)c2cc(C=Cc3ccc(N4CCCc5ccccc54)cc3)ccc2-c2cc3c(cc21)C(C)(C)c1cc(C=CN2CCCc4ccccc42)ccc1-3. The molecule has 2 aliphatic heterocycles. The van der Waals surface area contributed by atoms with Gasteiger partial charge in [0.2, 0.25) is 0 Å². The first-order valence-electron chi connectivity index (χ1n) is 19.9. The Morgan fingerprint density at radius 1 is 0.463 bits per heavy atom. The second kappa shape index (κ2) is 12.5. The summed E-state index contributed by atoms with van der Waals surface area (Å²) in [7, 11) is 0. The maximum absolute atomic E-state index is 2.54. The molecule has 0 amide bonds. The molecule has 4 aliphatic rings. The predicted molar refractivity (Wildman–Crippen MR) is 230 cm³/mol. The van der Waals surface area contributed by atoms with E-state index in [2.05, 4.69) is 183 Å². The second-order valence-corrected chi connectivity index (χ2v) is 16.9. The Morgan fingerprint density at radius 2 is 0.981 bits per heavy atom. The topological polar surface area (TPSA) is 6.48 Å². The van der Waals surface area contributed by atoms with Gasteiger partial charge in [-0.15, -0.1) is 0 Å². The van der Waals surface area contributed by atoms with Gasteiger partial charge >= 0.3 is 0 Å². The van der Waals surface area contributed by atoms with Crippen molar-refractivity contribution in [2.24, 2.45) is 0 Å². The average Bonchev–Trinajstić information content (AvgIpc) is 3.56. The Hall–Kier alpha value is -5.60. The van der Waals surface area contributed by atoms with Crippen molar-refractivity contribution in [3.63, 3.8) is 0 Å². The summed E-state index contributed by atoms with van der Waals surface area (Å²) in [5, 5.41) is 0. The quantitative estimate of drug-likeness (QED) is 0.165. The third-order valence-electron chi connectivity index (χ3n) is 12.9. The normalized spacial score (nSPS) is 17.3. The van der Waals surface area contributed by atoms with Crippen LogP contribution in [0.5, 0.6) is 0 Å². The second-order valence-electron chi connectivity index (χ2n) is 16.9. The zero-order valence-corrected chi connectivity index (χ0v) is 32.0. The molecule has 0 aromatic heterocycles. The van der Waals surface area contributed by atoms with Gasteiger partial charge in [-0.1, -0.05) is 131 Å². The predicted octanol–water partition coefficient (Wildman–Crippen LogP) is 13.0. The molecule has 0 atom stereocenters. The summed E-state index contributed by atoms with van der Waals surface area (Å²) in [5.41, 5.74) is 21.7. The van der Waals surface area contributed by atoms with E-state index in [1.165, 1.54) is 115 Å². The van der Waals surface area contributed by atoms with Gasteiger partial charge in [0.15, 0.2) is 0 Å². The minimum atomic E-state index is -0.0839. The molecule has 54 heavy (non-hydrogen) atoms. The van der Waals surface area contributed by atoms with Crippen LogP contribution in [0.25, 0.3) is 40.5 Å². The van der Waals surface area contributed by atoms with E-state index in [0.717, 1.165) is 13.1 Å². The van der Waals surface area contributed by atoms with Gasteiger partial charge in [-0.25, -0.2) is 0 Å². The van der Waals surface area contributed by atoms with Crippen molar-refractivity contribution in [2.45, 2.75) is 64.2 Å². The lowest BCUT2D eigenvalue weighted by Gasteiger charge is -2.31. The number of para-hydroxylation sites is 2. The Morgan fingerprint density at radius 3 is 1.65 bits per heavy atom. The number of anilines is 3. The Bertz CT molecular complexity index is 2510. The van der Waals surface area contributed by atoms with Crippen LogP contribution in [-0.4, -0.2) is 13.1 Å². The molecular weight excluding hydrogens is 653 g/mol. The summed E-state index contributed by atoms with van der Waals surface area (Å²) in [5.74, 6) is 0. The Kier molecular flexibility index (Phi) is 7.63. The standard InChI is InChI=1S/C52H48N2/c1-51(2)45-31-36(18-17-35-19-23-40(24-20-35)54-29-10-14-39-12-6-8-16-50(39)54)21-25-41(45)43-33-44-42-26-22-37(32-46(42)52(3,4)48(44)34-47(43)51)27-30-53-28-9-13-38-11-5-7-15-49(38)53/h5-8,11-12,15-27,30-34H,9-10,13-14,28-29H2,1-4H3. The van der Waals surface area contributed by atoms with Crippen LogP contribution < -0.4 is 9.80 Å². The third-order valence-corrected chi connectivity index (χ3v) is 12.9. The van der Waals surface area contributed by atoms with Gasteiger partial charge < -0.3 is 9.80 Å². The van der Waals surface area contributed by atoms with E-state index in [9.17, 15) is 0 Å². The first-order chi connectivity index (χ1) is 26.3. The highest BCUT2D eigenvalue weighted by Crippen LogP contribution is 2.56. The molecule has 266 valence electrons. The number of rotatable bonds is 5. The van der Waals surface area contributed by atoms with Crippen LogP contribution >= 0.6 is 0 Å². The molecule has 2 nitrogen and oxygen atoms in total. The molecule has 0 saturated carbocycles. The smallest absolute Gasteiger partial charge is 0.0443 e. The van der Waals surface area contributed by atoms with Crippen molar-refractivity contribution in [1.29, 1.82) is 0 Å². The molecule has 2 heteroatoms. The summed E-state index contributed by atoms with van der Waals surface area (Å²) < 4.78 is 0. The zero-order valence-electron chi connectivity index (χ0n) is 32.0. The van der Waals surface area contributed by atoms with Crippen LogP contribution in [-0.2, 0) is 23.7 Å². The van der Waals surface area contributed by atoms with Gasteiger partial charge in [0.25, 0.3) is 0 Å². The highest BCUT2D eigenvalue weighted by molar-refractivity contribution is 5.91. The molecule has 10 rings (SSSR count). The fourth-order valence-electron chi connectivity index (χ4n) is 9.86. The first-order valence-corrected chi connectivity index (χ1v) is 19.9. The van der Waals surface area contributed by atoms with Crippen LogP contribution in [0.4, 0.5) is 17.1 Å². The largest absolute Gasteiger partial charge is 0.348 e. The van der Waals surface area contributed by atoms with Gasteiger partial charge in [0.05, 0.1) is 0 Å². The zero-order chi connectivity index (χ0) is 36.6. The van der Waals surface area contributed by atoms with Gasteiger partial charge in [0.1, 0.15) is 0 Å². The monoisotopic (exact) mass is 700 g/mol. The van der Waals surface area contributed by atoms with E-state index in [-0.39, 0.29) is 10.8 Å². The molecule has 0 bridgehead atoms. The van der Waals surface area contributed by atoms with Crippen LogP contribution in [0, 0.1) is 0 Å². The molecule has 0 fully saturated rings. The number of benzene rings is 6. The molecule has 2 heterocycles. The van der Waals surface area contributed by atoms with Crippen molar-refractivity contribution in [1.82, 2.24) is 0 Å². The number of aryl methyl sites for hydroxylation is 2. The summed E-state index contributed by atoms with van der Waals surface area (Å²) in [6.45, 7) is 11.8. The number of hydrogen-bond donors (Lipinski definition) is 0. The van der Waals surface area contributed by atoms with Crippen molar-refractivity contribution in [3.05, 3.63) is 178 Å². The van der Waals surface area contributed by atoms with E-state index in [1.807, 2.05) is 0 Å². The molecular formula is C52H48N2. The molecule has 0 radical (unpaired) electrons. The highest BCUT2D eigenvalue weighted by atomic mass is 15.1. The summed E-state index contributed by atoms with van der Waals surface area (Å²) in [4.78, 5) is 4.89. The first kappa shape index (κ1) is 33.0. The van der Waals surface area contributed by atoms with Crippen molar-refractivity contribution < 1.29 is 0 Å². The number of nitrogens with zero attached hydrogens (tertiary/aromatic N) is 2. The minimum absolute atomic E-state index is 0.0764. The summed E-state index contributed by atoms with van der Waals surface area (Å²) in [6.07, 6.45) is 13.8. The highest BCUT2D eigenvalue weighted by Gasteiger charge is 2.41. The number of fused-ring (bicyclic) bond motifs is 8. The van der Waals surface area contributed by atoms with Crippen molar-refractivity contribution in [3.8, 4) is 22.3 Å². The summed E-state index contributed by atoms with van der Waals surface area (Å²) >= 11 is 0. The summed E-state index contributed by atoms with van der Waals surface area (Å²) in [6, 6.07) is 46.0. The van der Waals surface area contributed by atoms with Gasteiger partial charge in [-0.05, 0) is 134 Å². The minimum Gasteiger partial charge on any atom is -0.348 e. The molecule has 6 aromatic carbocycles. The van der Waals surface area contributed by atoms with E-state index in [1.54, 1.807) is 0 Å². The fraction of sp³-hybridized carbons (Fsp3) is 0.231. The van der Waals surface area contributed by atoms with Gasteiger partial charge in [0, 0.05) is 47.2 Å². The molecule has 0 spiro atoms. The third kappa shape index (κ3) is 5.29. The van der Waals surface area contributed by atoms with E-state index in [4.69, 9.17) is 0 Å². The molecule has 0 unspecified atom stereocenters. The van der Waals surface area contributed by atoms with Gasteiger partial charge in [-0.2, -0.15) is 0 Å². The maximum Gasteiger partial charge on any atom is 0.0443 e.